The Morgan fingerprint density at radius 1 is 1.19 bits per heavy atom. The van der Waals surface area contributed by atoms with Gasteiger partial charge in [0.15, 0.2) is 0 Å². The molecule has 1 unspecified atom stereocenters. The van der Waals surface area contributed by atoms with Crippen molar-refractivity contribution in [1.82, 2.24) is 4.90 Å². The molecule has 0 radical (unpaired) electrons. The van der Waals surface area contributed by atoms with Crippen LogP contribution in [-0.2, 0) is 12.0 Å². The number of hydrogen-bond donors (Lipinski definition) is 0. The number of aryl methyl sites for hydroxylation is 1. The lowest BCUT2D eigenvalue weighted by molar-refractivity contribution is 0.155. The third kappa shape index (κ3) is 2.76. The molecule has 1 atom stereocenters. The molecule has 0 saturated heterocycles. The van der Waals surface area contributed by atoms with Crippen molar-refractivity contribution in [2.45, 2.75) is 57.5 Å². The van der Waals surface area contributed by atoms with Crippen LogP contribution in [0.5, 0.6) is 0 Å². The number of rotatable bonds is 1. The first kappa shape index (κ1) is 14.4. The van der Waals surface area contributed by atoms with Gasteiger partial charge in [-0.1, -0.05) is 36.4 Å². The van der Waals surface area contributed by atoms with E-state index < -0.39 is 0 Å². The second-order valence-corrected chi connectivity index (χ2v) is 7.29. The Bertz CT molecular complexity index is 565. The lowest BCUT2D eigenvalue weighted by Crippen LogP contribution is -2.49. The van der Waals surface area contributed by atoms with E-state index in [1.807, 2.05) is 0 Å². The summed E-state index contributed by atoms with van der Waals surface area (Å²) < 4.78 is 0. The van der Waals surface area contributed by atoms with Gasteiger partial charge in [-0.05, 0) is 57.6 Å². The minimum atomic E-state index is -0.0173. The molecule has 112 valence electrons. The van der Waals surface area contributed by atoms with Gasteiger partial charge in [0.2, 0.25) is 0 Å². The van der Waals surface area contributed by atoms with E-state index >= 15 is 0 Å². The summed E-state index contributed by atoms with van der Waals surface area (Å²) in [7, 11) is 0. The minimum absolute atomic E-state index is 0.0173. The summed E-state index contributed by atoms with van der Waals surface area (Å²) in [6.07, 6.45) is 11.5. The average molecular weight is 282 g/mol. The number of aliphatic imine (C=N–C) groups is 1. The maximum absolute atomic E-state index is 4.77. The molecule has 21 heavy (non-hydrogen) atoms. The van der Waals surface area contributed by atoms with Gasteiger partial charge in [-0.3, -0.25) is 4.99 Å². The van der Waals surface area contributed by atoms with E-state index in [0.29, 0.717) is 0 Å². The number of fused-ring (bicyclic) bond motifs is 2. The molecule has 0 aromatic heterocycles. The van der Waals surface area contributed by atoms with Crippen molar-refractivity contribution in [2.75, 3.05) is 6.54 Å². The highest BCUT2D eigenvalue weighted by atomic mass is 15.2. The summed E-state index contributed by atoms with van der Waals surface area (Å²) in [6, 6.07) is 8.98. The van der Waals surface area contributed by atoms with Gasteiger partial charge in [0, 0.05) is 6.54 Å². The fourth-order valence-corrected chi connectivity index (χ4v) is 3.57. The van der Waals surface area contributed by atoms with Crippen molar-refractivity contribution in [3.8, 4) is 0 Å². The molecule has 0 fully saturated rings. The van der Waals surface area contributed by atoms with Crippen LogP contribution in [-0.4, -0.2) is 23.3 Å². The molecule has 0 saturated carbocycles. The predicted molar refractivity (Wildman–Crippen MR) is 89.8 cm³/mol. The van der Waals surface area contributed by atoms with E-state index in [9.17, 15) is 0 Å². The van der Waals surface area contributed by atoms with Crippen molar-refractivity contribution in [1.29, 1.82) is 0 Å². The molecule has 1 heterocycles. The monoisotopic (exact) mass is 282 g/mol. The number of benzene rings is 1. The fraction of sp³-hybridized carbons (Fsp3) is 0.526. The van der Waals surface area contributed by atoms with E-state index in [2.05, 4.69) is 68.4 Å². The second kappa shape index (κ2) is 5.32. The molecule has 0 amide bonds. The van der Waals surface area contributed by atoms with Crippen molar-refractivity contribution in [3.05, 3.63) is 47.5 Å². The Morgan fingerprint density at radius 3 is 2.81 bits per heavy atom. The highest BCUT2D eigenvalue weighted by Crippen LogP contribution is 2.44. The Hall–Kier alpha value is -1.57. The van der Waals surface area contributed by atoms with Gasteiger partial charge >= 0.3 is 0 Å². The van der Waals surface area contributed by atoms with Gasteiger partial charge in [-0.15, -0.1) is 0 Å². The van der Waals surface area contributed by atoms with E-state index in [4.69, 9.17) is 4.99 Å². The van der Waals surface area contributed by atoms with Gasteiger partial charge in [-0.25, -0.2) is 0 Å². The van der Waals surface area contributed by atoms with Gasteiger partial charge < -0.3 is 4.90 Å². The number of nitrogens with zero attached hydrogens (tertiary/aromatic N) is 2. The molecule has 0 N–H and O–H groups in total. The summed E-state index contributed by atoms with van der Waals surface area (Å²) >= 11 is 0. The van der Waals surface area contributed by atoms with Crippen LogP contribution < -0.4 is 0 Å². The smallest absolute Gasteiger partial charge is 0.0866 e. The topological polar surface area (TPSA) is 15.6 Å². The second-order valence-electron chi connectivity index (χ2n) is 7.29. The SMILES string of the molecule is CC(C)(C)N=CN1CC=CCC12CCCc1ccccc12. The lowest BCUT2D eigenvalue weighted by atomic mass is 9.72. The molecular weight excluding hydrogens is 256 g/mol. The zero-order chi connectivity index (χ0) is 14.9. The summed E-state index contributed by atoms with van der Waals surface area (Å²) in [6.45, 7) is 7.44. The van der Waals surface area contributed by atoms with Crippen LogP contribution >= 0.6 is 0 Å². The van der Waals surface area contributed by atoms with Crippen LogP contribution in [0.1, 0.15) is 51.2 Å². The normalized spacial score (nSPS) is 25.6. The first-order chi connectivity index (χ1) is 10.0. The van der Waals surface area contributed by atoms with E-state index in [1.165, 1.54) is 30.4 Å². The molecule has 1 aromatic carbocycles. The van der Waals surface area contributed by atoms with Gasteiger partial charge in [0.1, 0.15) is 0 Å². The lowest BCUT2D eigenvalue weighted by Gasteiger charge is -2.48. The Balaban J connectivity index is 2.02. The van der Waals surface area contributed by atoms with Crippen LogP contribution in [0.25, 0.3) is 0 Å². The van der Waals surface area contributed by atoms with Gasteiger partial charge in [-0.2, -0.15) is 0 Å². The van der Waals surface area contributed by atoms with Crippen LogP contribution in [0.2, 0.25) is 0 Å². The Kier molecular flexibility index (Phi) is 3.64. The summed E-state index contributed by atoms with van der Waals surface area (Å²) in [5.41, 5.74) is 3.14. The molecule has 2 nitrogen and oxygen atoms in total. The van der Waals surface area contributed by atoms with Gasteiger partial charge in [0.05, 0.1) is 17.4 Å². The molecule has 2 heteroatoms. The standard InChI is InChI=1S/C19H26N2/c1-18(2,3)20-15-21-14-7-6-12-19(21)13-8-10-16-9-4-5-11-17(16)19/h4-7,9,11,15H,8,10,12-14H2,1-3H3. The highest BCUT2D eigenvalue weighted by Gasteiger charge is 2.40. The predicted octanol–water partition coefficient (Wildman–Crippen LogP) is 4.31. The maximum Gasteiger partial charge on any atom is 0.0866 e. The zero-order valence-corrected chi connectivity index (χ0v) is 13.5. The van der Waals surface area contributed by atoms with E-state index in [-0.39, 0.29) is 11.1 Å². The molecule has 3 rings (SSSR count). The third-order valence-corrected chi connectivity index (χ3v) is 4.61. The average Bonchev–Trinajstić information content (AvgIpc) is 2.46. The largest absolute Gasteiger partial charge is 0.349 e. The minimum Gasteiger partial charge on any atom is -0.349 e. The van der Waals surface area contributed by atoms with E-state index in [0.717, 1.165) is 13.0 Å². The first-order valence-corrected chi connectivity index (χ1v) is 8.07. The molecule has 2 aliphatic rings. The van der Waals surface area contributed by atoms with Crippen molar-refractivity contribution in [3.63, 3.8) is 0 Å². The summed E-state index contributed by atoms with van der Waals surface area (Å²) in [5, 5.41) is 0. The zero-order valence-electron chi connectivity index (χ0n) is 13.5. The van der Waals surface area contributed by atoms with Crippen molar-refractivity contribution < 1.29 is 0 Å². The van der Waals surface area contributed by atoms with Crippen LogP contribution in [0, 0.1) is 0 Å². The quantitative estimate of drug-likeness (QED) is 0.426. The molecule has 1 aliphatic carbocycles. The third-order valence-electron chi connectivity index (χ3n) is 4.61. The molecule has 1 spiro atoms. The summed E-state index contributed by atoms with van der Waals surface area (Å²) in [4.78, 5) is 7.24. The fourth-order valence-electron chi connectivity index (χ4n) is 3.57. The first-order valence-electron chi connectivity index (χ1n) is 8.07. The summed E-state index contributed by atoms with van der Waals surface area (Å²) in [5.74, 6) is 0. The van der Waals surface area contributed by atoms with Crippen LogP contribution in [0.3, 0.4) is 0 Å². The Labute approximate surface area is 128 Å². The molecule has 0 bridgehead atoms. The molecule has 1 aliphatic heterocycles. The van der Waals surface area contributed by atoms with Crippen LogP contribution in [0.15, 0.2) is 41.4 Å². The van der Waals surface area contributed by atoms with Gasteiger partial charge in [0.25, 0.3) is 0 Å². The van der Waals surface area contributed by atoms with Crippen molar-refractivity contribution >= 4 is 6.34 Å². The molecular formula is C19H26N2. The molecule has 1 aromatic rings. The maximum atomic E-state index is 4.77. The van der Waals surface area contributed by atoms with E-state index in [1.54, 1.807) is 0 Å². The Morgan fingerprint density at radius 2 is 2.00 bits per heavy atom. The van der Waals surface area contributed by atoms with Crippen LogP contribution in [0.4, 0.5) is 0 Å². The number of hydrogen-bond acceptors (Lipinski definition) is 1. The van der Waals surface area contributed by atoms with Crippen molar-refractivity contribution in [2.24, 2.45) is 4.99 Å². The highest BCUT2D eigenvalue weighted by molar-refractivity contribution is 5.60.